The van der Waals surface area contributed by atoms with E-state index in [1.54, 1.807) is 25.1 Å². The van der Waals surface area contributed by atoms with Crippen LogP contribution in [0.5, 0.6) is 11.5 Å². The predicted molar refractivity (Wildman–Crippen MR) is 102 cm³/mol. The van der Waals surface area contributed by atoms with Crippen LogP contribution in [0.3, 0.4) is 0 Å². The number of nitrogens with one attached hydrogen (secondary N) is 1. The third-order valence-corrected chi connectivity index (χ3v) is 4.26. The molecule has 2 rings (SSSR count). The monoisotopic (exact) mass is 413 g/mol. The van der Waals surface area contributed by atoms with Gasteiger partial charge < -0.3 is 14.8 Å². The third kappa shape index (κ3) is 5.42. The Labute approximate surface area is 165 Å². The summed E-state index contributed by atoms with van der Waals surface area (Å²) >= 11 is 6.12. The number of benzene rings is 2. The Morgan fingerprint density at radius 1 is 1.14 bits per heavy atom. The van der Waals surface area contributed by atoms with E-state index in [4.69, 9.17) is 21.1 Å². The van der Waals surface area contributed by atoms with Gasteiger partial charge in [0.1, 0.15) is 0 Å². The van der Waals surface area contributed by atoms with E-state index in [0.717, 1.165) is 12.1 Å². The molecule has 0 aromatic heterocycles. The van der Waals surface area contributed by atoms with Crippen LogP contribution < -0.4 is 14.8 Å². The molecule has 0 saturated heterocycles. The maximum Gasteiger partial charge on any atom is 0.416 e. The number of carbonyl (C=O) groups excluding carboxylic acids is 1. The second kappa shape index (κ2) is 9.01. The first kappa shape index (κ1) is 21.6. The lowest BCUT2D eigenvalue weighted by Crippen LogP contribution is -2.24. The van der Waals surface area contributed by atoms with Crippen LogP contribution in [0.1, 0.15) is 29.7 Å². The van der Waals surface area contributed by atoms with Gasteiger partial charge in [-0.25, -0.2) is 0 Å². The fourth-order valence-corrected chi connectivity index (χ4v) is 2.81. The molecule has 0 aliphatic rings. The summed E-state index contributed by atoms with van der Waals surface area (Å²) in [6.07, 6.45) is -1.55. The maximum atomic E-state index is 12.6. The first-order valence-electron chi connectivity index (χ1n) is 8.23. The molecule has 0 saturated carbocycles. The number of methoxy groups -OCH3 is 2. The van der Waals surface area contributed by atoms with Gasteiger partial charge in [-0.2, -0.15) is 13.2 Å². The normalized spacial score (nSPS) is 12.7. The van der Waals surface area contributed by atoms with E-state index in [2.05, 4.69) is 5.32 Å². The predicted octanol–water partition coefficient (Wildman–Crippen LogP) is 5.27. The van der Waals surface area contributed by atoms with Crippen LogP contribution in [0, 0.1) is 0 Å². The average molecular weight is 414 g/mol. The van der Waals surface area contributed by atoms with Crippen LogP contribution in [-0.2, 0) is 11.0 Å². The molecule has 28 heavy (non-hydrogen) atoms. The molecule has 1 N–H and O–H groups in total. The molecule has 0 spiro atoms. The van der Waals surface area contributed by atoms with Gasteiger partial charge >= 0.3 is 6.18 Å². The van der Waals surface area contributed by atoms with Gasteiger partial charge in [-0.05, 0) is 48.4 Å². The molecule has 0 aliphatic carbocycles. The van der Waals surface area contributed by atoms with E-state index < -0.39 is 23.7 Å². The van der Waals surface area contributed by atoms with Gasteiger partial charge in [0.15, 0.2) is 11.5 Å². The number of carbonyl (C=O) groups is 1. The molecule has 4 nitrogen and oxygen atoms in total. The molecule has 2 aromatic rings. The fourth-order valence-electron chi connectivity index (χ4n) is 2.51. The molecule has 0 fully saturated rings. The quantitative estimate of drug-likeness (QED) is 0.656. The number of alkyl halides is 3. The second-order valence-electron chi connectivity index (χ2n) is 5.92. The molecule has 0 aliphatic heterocycles. The van der Waals surface area contributed by atoms with Crippen molar-refractivity contribution in [2.75, 3.05) is 14.2 Å². The number of amides is 1. The lowest BCUT2D eigenvalue weighted by molar-refractivity contribution is -0.137. The number of rotatable bonds is 6. The van der Waals surface area contributed by atoms with E-state index in [1.807, 2.05) is 0 Å². The Morgan fingerprint density at radius 3 is 2.32 bits per heavy atom. The van der Waals surface area contributed by atoms with Gasteiger partial charge in [0.25, 0.3) is 0 Å². The molecule has 0 radical (unpaired) electrons. The van der Waals surface area contributed by atoms with Crippen molar-refractivity contribution in [1.82, 2.24) is 5.32 Å². The van der Waals surface area contributed by atoms with E-state index in [-0.39, 0.29) is 0 Å². The van der Waals surface area contributed by atoms with Crippen molar-refractivity contribution in [2.45, 2.75) is 19.1 Å². The smallest absolute Gasteiger partial charge is 0.416 e. The summed E-state index contributed by atoms with van der Waals surface area (Å²) in [4.78, 5) is 12.1. The van der Waals surface area contributed by atoms with Gasteiger partial charge in [-0.3, -0.25) is 4.79 Å². The summed E-state index contributed by atoms with van der Waals surface area (Å²) in [6, 6.07) is 7.46. The highest BCUT2D eigenvalue weighted by Gasteiger charge is 2.30. The fraction of sp³-hybridized carbons (Fsp3) is 0.250. The zero-order chi connectivity index (χ0) is 20.9. The molecule has 0 bridgehead atoms. The van der Waals surface area contributed by atoms with E-state index in [9.17, 15) is 18.0 Å². The molecule has 8 heteroatoms. The third-order valence-electron chi connectivity index (χ3n) is 3.98. The van der Waals surface area contributed by atoms with E-state index in [0.29, 0.717) is 27.6 Å². The lowest BCUT2D eigenvalue weighted by atomic mass is 10.1. The van der Waals surface area contributed by atoms with Crippen molar-refractivity contribution < 1.29 is 27.4 Å². The zero-order valence-electron chi connectivity index (χ0n) is 15.4. The van der Waals surface area contributed by atoms with Crippen LogP contribution in [0.15, 0.2) is 42.5 Å². The van der Waals surface area contributed by atoms with Crippen molar-refractivity contribution in [2.24, 2.45) is 0 Å². The molecule has 1 amide bonds. The summed E-state index contributed by atoms with van der Waals surface area (Å²) in [6.45, 7) is 1.68. The molecular weight excluding hydrogens is 395 g/mol. The Morgan fingerprint density at radius 2 is 1.79 bits per heavy atom. The number of hydrogen-bond acceptors (Lipinski definition) is 3. The molecular formula is C20H19ClF3NO3. The standard InChI is InChI=1S/C20H19ClF3NO3/c1-12(14-5-7-15(8-6-14)20(22,23)24)25-18(26)9-4-13-10-16(21)19(28-3)17(11-13)27-2/h4-12H,1-3H3,(H,25,26)/b9-4+. The lowest BCUT2D eigenvalue weighted by Gasteiger charge is -2.14. The number of ether oxygens (including phenoxy) is 2. The highest BCUT2D eigenvalue weighted by molar-refractivity contribution is 6.32. The van der Waals surface area contributed by atoms with Gasteiger partial charge in [-0.1, -0.05) is 23.7 Å². The largest absolute Gasteiger partial charge is 0.493 e. The van der Waals surface area contributed by atoms with Gasteiger partial charge in [0.05, 0.1) is 30.8 Å². The second-order valence-corrected chi connectivity index (χ2v) is 6.33. The molecule has 1 atom stereocenters. The summed E-state index contributed by atoms with van der Waals surface area (Å²) in [5.41, 5.74) is 0.448. The topological polar surface area (TPSA) is 47.6 Å². The number of halogens is 4. The minimum atomic E-state index is -4.39. The zero-order valence-corrected chi connectivity index (χ0v) is 16.2. The van der Waals surface area contributed by atoms with Crippen LogP contribution in [0.4, 0.5) is 13.2 Å². The first-order valence-corrected chi connectivity index (χ1v) is 8.60. The van der Waals surface area contributed by atoms with Crippen LogP contribution in [0.2, 0.25) is 5.02 Å². The minimum absolute atomic E-state index is 0.333. The van der Waals surface area contributed by atoms with E-state index in [1.165, 1.54) is 32.4 Å². The summed E-state index contributed by atoms with van der Waals surface area (Å²) in [7, 11) is 2.94. The van der Waals surface area contributed by atoms with Crippen LogP contribution >= 0.6 is 11.6 Å². The Bertz CT molecular complexity index is 864. The van der Waals surface area contributed by atoms with Gasteiger partial charge in [0.2, 0.25) is 5.91 Å². The van der Waals surface area contributed by atoms with Crippen molar-refractivity contribution >= 4 is 23.6 Å². The Balaban J connectivity index is 2.06. The van der Waals surface area contributed by atoms with Crippen molar-refractivity contribution in [3.05, 3.63) is 64.2 Å². The molecule has 150 valence electrons. The summed E-state index contributed by atoms with van der Waals surface area (Å²) in [5, 5.41) is 3.03. The Hall–Kier alpha value is -2.67. The Kier molecular flexibility index (Phi) is 6.96. The maximum absolute atomic E-state index is 12.6. The minimum Gasteiger partial charge on any atom is -0.493 e. The molecule has 0 heterocycles. The number of hydrogen-bond donors (Lipinski definition) is 1. The average Bonchev–Trinajstić information content (AvgIpc) is 2.65. The molecule has 1 unspecified atom stereocenters. The summed E-state index contributed by atoms with van der Waals surface area (Å²) < 4.78 is 48.2. The van der Waals surface area contributed by atoms with Crippen LogP contribution in [-0.4, -0.2) is 20.1 Å². The van der Waals surface area contributed by atoms with Crippen LogP contribution in [0.25, 0.3) is 6.08 Å². The highest BCUT2D eigenvalue weighted by Crippen LogP contribution is 2.36. The highest BCUT2D eigenvalue weighted by atomic mass is 35.5. The van der Waals surface area contributed by atoms with Gasteiger partial charge in [-0.15, -0.1) is 0 Å². The first-order chi connectivity index (χ1) is 13.2. The summed E-state index contributed by atoms with van der Waals surface area (Å²) in [5.74, 6) is 0.410. The SMILES string of the molecule is COc1cc(/C=C/C(=O)NC(C)c2ccc(C(F)(F)F)cc2)cc(Cl)c1OC. The van der Waals surface area contributed by atoms with Crippen molar-refractivity contribution in [1.29, 1.82) is 0 Å². The van der Waals surface area contributed by atoms with Gasteiger partial charge in [0, 0.05) is 6.08 Å². The molecule has 2 aromatic carbocycles. The van der Waals surface area contributed by atoms with Crippen molar-refractivity contribution in [3.8, 4) is 11.5 Å². The van der Waals surface area contributed by atoms with Crippen molar-refractivity contribution in [3.63, 3.8) is 0 Å². The van der Waals surface area contributed by atoms with E-state index >= 15 is 0 Å².